The highest BCUT2D eigenvalue weighted by Gasteiger charge is 1.77. The Morgan fingerprint density at radius 3 is 2.80 bits per heavy atom. The molecule has 0 heterocycles. The molecule has 0 N–H and O–H groups in total. The molecule has 0 aromatic heterocycles. The fourth-order valence-electron chi connectivity index (χ4n) is 0.444. The Balaban J connectivity index is 3.81. The fourth-order valence-corrected chi connectivity index (χ4v) is 0.569. The van der Waals surface area contributed by atoms with Gasteiger partial charge in [-0.25, -0.2) is 8.20 Å². The quantitative estimate of drug-likeness (QED) is 0.418. The largest absolute Gasteiger partial charge is 0.241 e. The van der Waals surface area contributed by atoms with Crippen molar-refractivity contribution in [2.45, 2.75) is 20.3 Å². The molecule has 0 bridgehead atoms. The maximum Gasteiger partial charge on any atom is 0.122 e. The van der Waals surface area contributed by atoms with Crippen LogP contribution in [0.4, 0.5) is 0 Å². The van der Waals surface area contributed by atoms with Crippen molar-refractivity contribution < 1.29 is 0 Å². The van der Waals surface area contributed by atoms with Crippen LogP contribution in [0.3, 0.4) is 0 Å². The molecule has 0 fully saturated rings. The normalized spacial score (nSPS) is 13.7. The van der Waals surface area contributed by atoms with Gasteiger partial charge in [-0.2, -0.15) is 0 Å². The van der Waals surface area contributed by atoms with E-state index in [0.29, 0.717) is 0 Å². The number of allylic oxidation sites excluding steroid dienone is 2. The second-order valence-electron chi connectivity index (χ2n) is 1.79. The lowest BCUT2D eigenvalue weighted by atomic mass is 10.3. The molecule has 2 nitrogen and oxygen atoms in total. The van der Waals surface area contributed by atoms with Crippen LogP contribution in [0.1, 0.15) is 20.3 Å². The summed E-state index contributed by atoms with van der Waals surface area (Å²) in [5, 5.41) is 0. The molecule has 0 aliphatic rings. The predicted molar refractivity (Wildman–Crippen MR) is 55.1 cm³/mol. The van der Waals surface area contributed by atoms with Crippen molar-refractivity contribution in [3.05, 3.63) is 12.2 Å². The minimum atomic E-state index is 0.988. The molecule has 0 saturated carbocycles. The van der Waals surface area contributed by atoms with Crippen molar-refractivity contribution in [3.8, 4) is 0 Å². The number of hydrogen-bond donors (Lipinski definition) is 0. The second-order valence-corrected chi connectivity index (χ2v) is 2.35. The van der Waals surface area contributed by atoms with Gasteiger partial charge in [-0.15, -0.1) is 0 Å². The summed E-state index contributed by atoms with van der Waals surface area (Å²) in [6, 6.07) is 0. The van der Waals surface area contributed by atoms with E-state index in [2.05, 4.69) is 21.2 Å². The zero-order valence-corrected chi connectivity index (χ0v) is 8.37. The molecule has 3 heteroatoms. The van der Waals surface area contributed by atoms with E-state index in [1.165, 1.54) is 6.34 Å². The lowest BCUT2D eigenvalue weighted by Crippen LogP contribution is -1.83. The molecule has 0 unspecified atom stereocenters. The van der Waals surface area contributed by atoms with Crippen molar-refractivity contribution in [2.75, 3.05) is 0 Å². The SMILES string of the molecule is CC/C=C/C(C)=NC=NI. The Kier molecular flexibility index (Phi) is 6.79. The summed E-state index contributed by atoms with van der Waals surface area (Å²) in [5.41, 5.74) is 0.988. The monoisotopic (exact) mass is 250 g/mol. The molecule has 0 aliphatic heterocycles. The summed E-state index contributed by atoms with van der Waals surface area (Å²) in [6.07, 6.45) is 6.64. The summed E-state index contributed by atoms with van der Waals surface area (Å²) in [5.74, 6) is 0. The van der Waals surface area contributed by atoms with Gasteiger partial charge in [0.25, 0.3) is 0 Å². The van der Waals surface area contributed by atoms with E-state index in [9.17, 15) is 0 Å². The smallest absolute Gasteiger partial charge is 0.122 e. The third kappa shape index (κ3) is 5.94. The van der Waals surface area contributed by atoms with Crippen molar-refractivity contribution in [1.29, 1.82) is 0 Å². The average Bonchev–Trinajstić information content (AvgIpc) is 1.97. The maximum absolute atomic E-state index is 4.01. The van der Waals surface area contributed by atoms with Gasteiger partial charge in [0.05, 0.1) is 22.9 Å². The standard InChI is InChI=1S/C7H11IN2/c1-3-4-5-7(2)9-6-10-8/h4-6H,3H2,1-2H3/b5-4+,9-7?,10-6?. The van der Waals surface area contributed by atoms with Gasteiger partial charge in [0.1, 0.15) is 6.34 Å². The van der Waals surface area contributed by atoms with Gasteiger partial charge >= 0.3 is 0 Å². The lowest BCUT2D eigenvalue weighted by molar-refractivity contribution is 1.23. The maximum atomic E-state index is 4.01. The first-order valence-electron chi connectivity index (χ1n) is 3.15. The van der Waals surface area contributed by atoms with Crippen LogP contribution in [-0.4, -0.2) is 12.1 Å². The highest BCUT2D eigenvalue weighted by atomic mass is 127. The predicted octanol–water partition coefficient (Wildman–Crippen LogP) is 2.79. The van der Waals surface area contributed by atoms with Crippen LogP contribution >= 0.6 is 22.9 Å². The summed E-state index contributed by atoms with van der Waals surface area (Å²) in [7, 11) is 0. The molecule has 0 rings (SSSR count). The zero-order chi connectivity index (χ0) is 7.82. The van der Waals surface area contributed by atoms with E-state index in [4.69, 9.17) is 0 Å². The Labute approximate surface area is 75.6 Å². The minimum Gasteiger partial charge on any atom is -0.241 e. The zero-order valence-electron chi connectivity index (χ0n) is 6.21. The Hall–Kier alpha value is -0.190. The lowest BCUT2D eigenvalue weighted by Gasteiger charge is -1.84. The minimum absolute atomic E-state index is 0.988. The van der Waals surface area contributed by atoms with Gasteiger partial charge in [-0.3, -0.25) is 0 Å². The highest BCUT2D eigenvalue weighted by molar-refractivity contribution is 14.1. The van der Waals surface area contributed by atoms with Crippen LogP contribution in [-0.2, 0) is 0 Å². The van der Waals surface area contributed by atoms with Gasteiger partial charge in [-0.05, 0) is 19.4 Å². The highest BCUT2D eigenvalue weighted by Crippen LogP contribution is 1.85. The molecule has 0 spiro atoms. The van der Waals surface area contributed by atoms with E-state index >= 15 is 0 Å². The van der Waals surface area contributed by atoms with Gasteiger partial charge in [0.2, 0.25) is 0 Å². The van der Waals surface area contributed by atoms with Crippen LogP contribution in [0.15, 0.2) is 20.4 Å². The van der Waals surface area contributed by atoms with Crippen molar-refractivity contribution in [2.24, 2.45) is 8.20 Å². The third-order valence-corrected chi connectivity index (χ3v) is 1.15. The number of aliphatic imine (C=N–C) groups is 1. The van der Waals surface area contributed by atoms with Gasteiger partial charge < -0.3 is 0 Å². The fraction of sp³-hybridized carbons (Fsp3) is 0.429. The molecule has 0 aromatic rings. The first-order chi connectivity index (χ1) is 4.81. The van der Waals surface area contributed by atoms with E-state index in [-0.39, 0.29) is 0 Å². The molecule has 0 amide bonds. The molecule has 56 valence electrons. The number of nitrogens with zero attached hydrogens (tertiary/aromatic N) is 2. The van der Waals surface area contributed by atoms with Crippen LogP contribution in [0.2, 0.25) is 0 Å². The molecule has 0 saturated heterocycles. The Morgan fingerprint density at radius 1 is 1.60 bits per heavy atom. The second kappa shape index (κ2) is 6.92. The molecule has 0 atom stereocenters. The topological polar surface area (TPSA) is 24.7 Å². The van der Waals surface area contributed by atoms with E-state index in [0.717, 1.165) is 12.1 Å². The van der Waals surface area contributed by atoms with Crippen molar-refractivity contribution in [3.63, 3.8) is 0 Å². The number of rotatable bonds is 3. The van der Waals surface area contributed by atoms with Crippen molar-refractivity contribution in [1.82, 2.24) is 0 Å². The molecular weight excluding hydrogens is 239 g/mol. The van der Waals surface area contributed by atoms with Crippen LogP contribution in [0.5, 0.6) is 0 Å². The summed E-state index contributed by atoms with van der Waals surface area (Å²) >= 11 is 1.90. The van der Waals surface area contributed by atoms with Gasteiger partial charge in [-0.1, -0.05) is 13.0 Å². The first-order valence-corrected chi connectivity index (χ1v) is 4.11. The number of hydrogen-bond acceptors (Lipinski definition) is 1. The molecule has 0 aromatic carbocycles. The molecule has 10 heavy (non-hydrogen) atoms. The average molecular weight is 250 g/mol. The molecule has 0 aliphatic carbocycles. The Bertz CT molecular complexity index is 159. The third-order valence-electron chi connectivity index (χ3n) is 0.900. The van der Waals surface area contributed by atoms with E-state index in [1.807, 2.05) is 35.9 Å². The first kappa shape index (κ1) is 9.81. The molecular formula is C7H11IN2. The van der Waals surface area contributed by atoms with Crippen LogP contribution in [0.25, 0.3) is 0 Å². The summed E-state index contributed by atoms with van der Waals surface area (Å²) in [4.78, 5) is 4.01. The summed E-state index contributed by atoms with van der Waals surface area (Å²) in [6.45, 7) is 4.04. The van der Waals surface area contributed by atoms with E-state index in [1.54, 1.807) is 0 Å². The van der Waals surface area contributed by atoms with Gasteiger partial charge in [0.15, 0.2) is 0 Å². The van der Waals surface area contributed by atoms with Crippen LogP contribution in [0, 0.1) is 0 Å². The van der Waals surface area contributed by atoms with Crippen molar-refractivity contribution >= 4 is 34.9 Å². The molecule has 0 radical (unpaired) electrons. The Morgan fingerprint density at radius 2 is 2.30 bits per heavy atom. The number of halogens is 1. The van der Waals surface area contributed by atoms with Gasteiger partial charge in [0, 0.05) is 5.71 Å². The van der Waals surface area contributed by atoms with E-state index < -0.39 is 0 Å². The van der Waals surface area contributed by atoms with Crippen LogP contribution < -0.4 is 0 Å². The summed E-state index contributed by atoms with van der Waals surface area (Å²) < 4.78 is 3.71.